The van der Waals surface area contributed by atoms with Crippen LogP contribution in [-0.2, 0) is 29.3 Å². The summed E-state index contributed by atoms with van der Waals surface area (Å²) in [6.07, 6.45) is 0. The van der Waals surface area contributed by atoms with Gasteiger partial charge in [-0.2, -0.15) is 0 Å². The molecule has 0 aliphatic carbocycles. The first kappa shape index (κ1) is 19.4. The Morgan fingerprint density at radius 1 is 1.09 bits per heavy atom. The number of esters is 2. The maximum absolute atomic E-state index is 12.9. The zero-order valence-corrected chi connectivity index (χ0v) is 15.3. The predicted octanol–water partition coefficient (Wildman–Crippen LogP) is 3.04. The number of Topliss-reactive ketones (excluding diaryl/α,β-unsaturated/α-hetero) is 1. The molecule has 0 radical (unpaired) electrons. The molecule has 0 aliphatic rings. The van der Waals surface area contributed by atoms with Gasteiger partial charge < -0.3 is 9.47 Å². The van der Waals surface area contributed by atoms with E-state index in [4.69, 9.17) is 9.47 Å². The van der Waals surface area contributed by atoms with E-state index in [1.165, 1.54) is 0 Å². The molecule has 0 saturated carbocycles. The zero-order valence-electron chi connectivity index (χ0n) is 13.7. The molecule has 6 heteroatoms. The van der Waals surface area contributed by atoms with Crippen LogP contribution in [0.5, 0.6) is 0 Å². The van der Waals surface area contributed by atoms with Gasteiger partial charge in [-0.25, -0.2) is 0 Å². The summed E-state index contributed by atoms with van der Waals surface area (Å²) >= 11 is 3.35. The number of ether oxygens (including phenoxy) is 2. The Balaban J connectivity index is 3.21. The fourth-order valence-corrected chi connectivity index (χ4v) is 2.54. The number of carbonyl (C=O) groups excluding carboxylic acids is 3. The fraction of sp³-hybridized carbons (Fsp3) is 0.471. The van der Waals surface area contributed by atoms with E-state index in [1.54, 1.807) is 45.9 Å². The first-order valence-electron chi connectivity index (χ1n) is 7.39. The van der Waals surface area contributed by atoms with E-state index in [0.29, 0.717) is 5.56 Å². The number of rotatable bonds is 7. The lowest BCUT2D eigenvalue weighted by Gasteiger charge is -2.27. The molecule has 0 bridgehead atoms. The molecule has 0 spiro atoms. The average Bonchev–Trinajstić information content (AvgIpc) is 2.47. The molecule has 0 fully saturated rings. The number of hydrogen-bond donors (Lipinski definition) is 0. The van der Waals surface area contributed by atoms with Gasteiger partial charge in [0.05, 0.1) is 13.2 Å². The highest BCUT2D eigenvalue weighted by atomic mass is 79.9. The number of ketones is 1. The molecule has 1 aromatic carbocycles. The second kappa shape index (κ2) is 8.24. The third-order valence-corrected chi connectivity index (χ3v) is 3.96. The van der Waals surface area contributed by atoms with Crippen LogP contribution >= 0.6 is 15.9 Å². The van der Waals surface area contributed by atoms with Crippen LogP contribution in [0.25, 0.3) is 0 Å². The highest BCUT2D eigenvalue weighted by Gasteiger charge is 2.45. The van der Waals surface area contributed by atoms with Gasteiger partial charge in [0.1, 0.15) is 0 Å². The van der Waals surface area contributed by atoms with E-state index in [0.717, 1.165) is 4.47 Å². The van der Waals surface area contributed by atoms with Gasteiger partial charge >= 0.3 is 11.9 Å². The van der Waals surface area contributed by atoms with Crippen molar-refractivity contribution in [3.8, 4) is 0 Å². The molecule has 0 aromatic heterocycles. The molecule has 5 nitrogen and oxygen atoms in total. The van der Waals surface area contributed by atoms with Crippen molar-refractivity contribution < 1.29 is 23.9 Å². The Morgan fingerprint density at radius 2 is 1.61 bits per heavy atom. The highest BCUT2D eigenvalue weighted by molar-refractivity contribution is 9.10. The van der Waals surface area contributed by atoms with E-state index in [-0.39, 0.29) is 13.2 Å². The third-order valence-electron chi connectivity index (χ3n) is 3.47. The molecule has 23 heavy (non-hydrogen) atoms. The summed E-state index contributed by atoms with van der Waals surface area (Å²) in [7, 11) is 0. The largest absolute Gasteiger partial charge is 0.465 e. The molecule has 0 heterocycles. The first-order valence-corrected chi connectivity index (χ1v) is 8.18. The smallest absolute Gasteiger partial charge is 0.328 e. The molecule has 0 N–H and O–H groups in total. The van der Waals surface area contributed by atoms with Crippen molar-refractivity contribution in [1.82, 2.24) is 0 Å². The molecule has 0 atom stereocenters. The lowest BCUT2D eigenvalue weighted by Crippen LogP contribution is -2.44. The van der Waals surface area contributed by atoms with Gasteiger partial charge in [-0.1, -0.05) is 28.1 Å². The standard InChI is InChI=1S/C17H21BrO5/c1-5-22-15(20)13(16(21)23-6-2)14(19)17(3,4)11-8-7-9-12(18)10-11/h7-10,13H,5-6H2,1-4H3. The van der Waals surface area contributed by atoms with Gasteiger partial charge in [0.15, 0.2) is 5.78 Å². The minimum absolute atomic E-state index is 0.0827. The Bertz CT molecular complexity index is 576. The maximum Gasteiger partial charge on any atom is 0.328 e. The van der Waals surface area contributed by atoms with E-state index >= 15 is 0 Å². The molecule has 0 aliphatic heterocycles. The molecular weight excluding hydrogens is 364 g/mol. The summed E-state index contributed by atoms with van der Waals surface area (Å²) in [6, 6.07) is 7.18. The molecule has 1 rings (SSSR count). The summed E-state index contributed by atoms with van der Waals surface area (Å²) in [5.74, 6) is -3.88. The number of hydrogen-bond acceptors (Lipinski definition) is 5. The van der Waals surface area contributed by atoms with Crippen LogP contribution in [0.2, 0.25) is 0 Å². The zero-order chi connectivity index (χ0) is 17.6. The topological polar surface area (TPSA) is 69.7 Å². The van der Waals surface area contributed by atoms with Crippen LogP contribution in [0.15, 0.2) is 28.7 Å². The Labute approximate surface area is 144 Å². The molecule has 0 amide bonds. The monoisotopic (exact) mass is 384 g/mol. The van der Waals surface area contributed by atoms with Crippen molar-refractivity contribution in [2.75, 3.05) is 13.2 Å². The van der Waals surface area contributed by atoms with E-state index in [2.05, 4.69) is 15.9 Å². The van der Waals surface area contributed by atoms with Gasteiger partial charge in [0.2, 0.25) is 5.92 Å². The lowest BCUT2D eigenvalue weighted by atomic mass is 9.75. The second-order valence-corrected chi connectivity index (χ2v) is 6.35. The number of benzene rings is 1. The summed E-state index contributed by atoms with van der Waals surface area (Å²) < 4.78 is 10.6. The Kier molecular flexibility index (Phi) is 6.94. The van der Waals surface area contributed by atoms with Crippen LogP contribution in [0.4, 0.5) is 0 Å². The van der Waals surface area contributed by atoms with Gasteiger partial charge in [-0.3, -0.25) is 14.4 Å². The summed E-state index contributed by atoms with van der Waals surface area (Å²) in [4.78, 5) is 37.1. The summed E-state index contributed by atoms with van der Waals surface area (Å²) in [6.45, 7) is 6.73. The summed E-state index contributed by atoms with van der Waals surface area (Å²) in [5, 5.41) is 0. The van der Waals surface area contributed by atoms with Crippen molar-refractivity contribution in [1.29, 1.82) is 0 Å². The van der Waals surface area contributed by atoms with Crippen molar-refractivity contribution >= 4 is 33.7 Å². The lowest BCUT2D eigenvalue weighted by molar-refractivity contribution is -0.165. The van der Waals surface area contributed by atoms with Crippen molar-refractivity contribution in [2.24, 2.45) is 5.92 Å². The molecule has 1 aromatic rings. The highest BCUT2D eigenvalue weighted by Crippen LogP contribution is 2.30. The average molecular weight is 385 g/mol. The van der Waals surface area contributed by atoms with Gasteiger partial charge in [-0.15, -0.1) is 0 Å². The van der Waals surface area contributed by atoms with Crippen LogP contribution in [0.3, 0.4) is 0 Å². The van der Waals surface area contributed by atoms with Gasteiger partial charge in [-0.05, 0) is 45.4 Å². The van der Waals surface area contributed by atoms with E-state index in [1.807, 2.05) is 6.07 Å². The fourth-order valence-electron chi connectivity index (χ4n) is 2.14. The van der Waals surface area contributed by atoms with Crippen molar-refractivity contribution in [2.45, 2.75) is 33.1 Å². The Hall–Kier alpha value is -1.69. The van der Waals surface area contributed by atoms with Crippen LogP contribution in [0.1, 0.15) is 33.3 Å². The minimum atomic E-state index is -1.58. The van der Waals surface area contributed by atoms with Gasteiger partial charge in [0.25, 0.3) is 0 Å². The van der Waals surface area contributed by atoms with Crippen molar-refractivity contribution in [3.05, 3.63) is 34.3 Å². The minimum Gasteiger partial charge on any atom is -0.465 e. The number of carbonyl (C=O) groups is 3. The predicted molar refractivity (Wildman–Crippen MR) is 88.9 cm³/mol. The molecule has 0 unspecified atom stereocenters. The first-order chi connectivity index (χ1) is 10.8. The van der Waals surface area contributed by atoms with Crippen LogP contribution in [0, 0.1) is 5.92 Å². The van der Waals surface area contributed by atoms with E-state index in [9.17, 15) is 14.4 Å². The normalized spacial score (nSPS) is 11.2. The summed E-state index contributed by atoms with van der Waals surface area (Å²) in [5.41, 5.74) is -0.357. The SMILES string of the molecule is CCOC(=O)C(C(=O)OCC)C(=O)C(C)(C)c1cccc(Br)c1. The molecule has 126 valence electrons. The maximum atomic E-state index is 12.9. The number of halogens is 1. The van der Waals surface area contributed by atoms with Crippen molar-refractivity contribution in [3.63, 3.8) is 0 Å². The molecular formula is C17H21BrO5. The van der Waals surface area contributed by atoms with Crippen LogP contribution in [-0.4, -0.2) is 30.9 Å². The van der Waals surface area contributed by atoms with Gasteiger partial charge in [0, 0.05) is 9.89 Å². The van der Waals surface area contributed by atoms with Crippen LogP contribution < -0.4 is 0 Å². The Morgan fingerprint density at radius 3 is 2.04 bits per heavy atom. The van der Waals surface area contributed by atoms with E-state index < -0.39 is 29.1 Å². The second-order valence-electron chi connectivity index (χ2n) is 5.44. The molecule has 0 saturated heterocycles. The third kappa shape index (κ3) is 4.64. The quantitative estimate of drug-likeness (QED) is 0.533.